The Morgan fingerprint density at radius 1 is 1.37 bits per heavy atom. The zero-order chi connectivity index (χ0) is 14.3. The summed E-state index contributed by atoms with van der Waals surface area (Å²) in [6.07, 6.45) is 16.8. The van der Waals surface area contributed by atoms with Gasteiger partial charge in [-0.05, 0) is 24.8 Å². The van der Waals surface area contributed by atoms with Crippen LogP contribution in [0, 0.1) is 30.1 Å². The Balaban J connectivity index is 3.64. The van der Waals surface area contributed by atoms with Crippen molar-refractivity contribution in [1.29, 1.82) is 0 Å². The highest BCUT2D eigenvalue weighted by Gasteiger charge is 1.97. The van der Waals surface area contributed by atoms with Crippen LogP contribution in [0.4, 0.5) is 0 Å². The molecule has 0 rings (SSSR count). The number of terminal acetylenes is 1. The van der Waals surface area contributed by atoms with Gasteiger partial charge in [0.2, 0.25) is 0 Å². The molecule has 2 heteroatoms. The van der Waals surface area contributed by atoms with Gasteiger partial charge in [-0.15, -0.1) is 12.3 Å². The molecule has 1 atom stereocenters. The summed E-state index contributed by atoms with van der Waals surface area (Å²) in [5.41, 5.74) is 0. The van der Waals surface area contributed by atoms with Gasteiger partial charge in [0.05, 0.1) is 7.11 Å². The second-order valence-electron chi connectivity index (χ2n) is 4.23. The van der Waals surface area contributed by atoms with Crippen LogP contribution in [0.25, 0.3) is 0 Å². The molecular weight excluding hydrogens is 236 g/mol. The molecule has 2 nitrogen and oxygen atoms in total. The van der Waals surface area contributed by atoms with E-state index in [1.54, 1.807) is 0 Å². The van der Waals surface area contributed by atoms with Gasteiger partial charge in [0, 0.05) is 19.3 Å². The zero-order valence-electron chi connectivity index (χ0n) is 11.8. The molecule has 0 fully saturated rings. The fourth-order valence-electron chi connectivity index (χ4n) is 1.33. The third-order valence-corrected chi connectivity index (χ3v) is 2.43. The molecule has 0 aromatic rings. The van der Waals surface area contributed by atoms with Crippen molar-refractivity contribution in [2.24, 2.45) is 5.92 Å². The first-order valence-corrected chi connectivity index (χ1v) is 6.52. The topological polar surface area (TPSA) is 26.3 Å². The number of ether oxygens (including phenoxy) is 1. The molecule has 0 N–H and O–H groups in total. The molecule has 1 unspecified atom stereocenters. The van der Waals surface area contributed by atoms with Gasteiger partial charge in [0.15, 0.2) is 0 Å². The Hall–Kier alpha value is -1.93. The van der Waals surface area contributed by atoms with E-state index in [0.29, 0.717) is 12.3 Å². The minimum absolute atomic E-state index is 0.154. The fourth-order valence-corrected chi connectivity index (χ4v) is 1.33. The lowest BCUT2D eigenvalue weighted by Gasteiger charge is -1.96. The highest BCUT2D eigenvalue weighted by Crippen LogP contribution is 2.01. The molecule has 0 bridgehead atoms. The molecule has 0 radical (unpaired) electrons. The predicted octanol–water partition coefficient (Wildman–Crippen LogP) is 3.50. The number of hydrogen-bond donors (Lipinski definition) is 0. The fraction of sp³-hybridized carbons (Fsp3) is 0.471. The molecule has 0 aromatic carbocycles. The third kappa shape index (κ3) is 12.3. The second kappa shape index (κ2) is 12.5. The van der Waals surface area contributed by atoms with Gasteiger partial charge >= 0.3 is 5.97 Å². The normalized spacial score (nSPS) is 11.8. The van der Waals surface area contributed by atoms with Crippen molar-refractivity contribution in [3.63, 3.8) is 0 Å². The number of allylic oxidation sites excluding steroid dienone is 4. The second-order valence-corrected chi connectivity index (χ2v) is 4.23. The first-order chi connectivity index (χ1) is 9.20. The maximum Gasteiger partial charge on any atom is 0.305 e. The smallest absolute Gasteiger partial charge is 0.305 e. The summed E-state index contributed by atoms with van der Waals surface area (Å²) in [5, 5.41) is 0. The predicted molar refractivity (Wildman–Crippen MR) is 79.2 cm³/mol. The molecule has 0 aliphatic rings. The van der Waals surface area contributed by atoms with Crippen molar-refractivity contribution in [3.8, 4) is 24.2 Å². The van der Waals surface area contributed by atoms with Gasteiger partial charge < -0.3 is 4.74 Å². The molecule has 0 heterocycles. The minimum atomic E-state index is -0.154. The summed E-state index contributed by atoms with van der Waals surface area (Å²) < 4.78 is 4.55. The largest absolute Gasteiger partial charge is 0.469 e. The molecule has 0 amide bonds. The maximum absolute atomic E-state index is 10.8. The van der Waals surface area contributed by atoms with Crippen LogP contribution < -0.4 is 0 Å². The van der Waals surface area contributed by atoms with Crippen LogP contribution in [-0.4, -0.2) is 13.1 Å². The zero-order valence-corrected chi connectivity index (χ0v) is 11.8. The standard InChI is InChI=1S/C17H22O2/c1-4-13-16(2)14-11-9-7-5-6-8-10-12-15-17(18)19-3/h1,7,9,11,14,16H,8,10,12-13,15H2,2-3H3. The molecule has 0 aliphatic heterocycles. The quantitative estimate of drug-likeness (QED) is 0.302. The number of unbranched alkanes of at least 4 members (excludes halogenated alkanes) is 2. The summed E-state index contributed by atoms with van der Waals surface area (Å²) in [4.78, 5) is 10.8. The first kappa shape index (κ1) is 17.1. The maximum atomic E-state index is 10.8. The van der Waals surface area contributed by atoms with Crippen LogP contribution in [0.2, 0.25) is 0 Å². The van der Waals surface area contributed by atoms with Crippen LogP contribution in [0.1, 0.15) is 39.0 Å². The molecule has 0 aromatic heterocycles. The molecule has 0 saturated carbocycles. The van der Waals surface area contributed by atoms with E-state index in [2.05, 4.69) is 35.5 Å². The van der Waals surface area contributed by atoms with E-state index in [4.69, 9.17) is 6.42 Å². The average molecular weight is 258 g/mol. The number of rotatable bonds is 7. The van der Waals surface area contributed by atoms with Crippen molar-refractivity contribution in [1.82, 2.24) is 0 Å². The Morgan fingerprint density at radius 3 is 2.84 bits per heavy atom. The van der Waals surface area contributed by atoms with E-state index in [9.17, 15) is 4.79 Å². The molecule has 0 aliphatic carbocycles. The van der Waals surface area contributed by atoms with Crippen molar-refractivity contribution in [2.75, 3.05) is 7.11 Å². The van der Waals surface area contributed by atoms with E-state index in [1.807, 2.05) is 18.2 Å². The number of carbonyl (C=O) groups is 1. The summed E-state index contributed by atoms with van der Waals surface area (Å²) in [5.74, 6) is 8.86. The van der Waals surface area contributed by atoms with Gasteiger partial charge in [0.25, 0.3) is 0 Å². The number of methoxy groups -OCH3 is 1. The third-order valence-electron chi connectivity index (χ3n) is 2.43. The van der Waals surface area contributed by atoms with Gasteiger partial charge in [-0.25, -0.2) is 0 Å². The molecule has 0 spiro atoms. The molecule has 0 saturated heterocycles. The van der Waals surface area contributed by atoms with E-state index >= 15 is 0 Å². The van der Waals surface area contributed by atoms with Gasteiger partial charge in [-0.1, -0.05) is 37.0 Å². The van der Waals surface area contributed by atoms with Gasteiger partial charge in [-0.3, -0.25) is 4.79 Å². The number of esters is 1. The highest BCUT2D eigenvalue weighted by molar-refractivity contribution is 5.68. The summed E-state index contributed by atoms with van der Waals surface area (Å²) >= 11 is 0. The van der Waals surface area contributed by atoms with Crippen molar-refractivity contribution in [3.05, 3.63) is 24.3 Å². The van der Waals surface area contributed by atoms with Crippen LogP contribution in [0.5, 0.6) is 0 Å². The van der Waals surface area contributed by atoms with Crippen molar-refractivity contribution < 1.29 is 9.53 Å². The monoisotopic (exact) mass is 258 g/mol. The van der Waals surface area contributed by atoms with Gasteiger partial charge in [-0.2, -0.15) is 0 Å². The lowest BCUT2D eigenvalue weighted by molar-refractivity contribution is -0.140. The Bertz CT molecular complexity index is 399. The summed E-state index contributed by atoms with van der Waals surface area (Å²) in [6.45, 7) is 2.08. The number of carbonyl (C=O) groups excluding carboxylic acids is 1. The van der Waals surface area contributed by atoms with E-state index < -0.39 is 0 Å². The van der Waals surface area contributed by atoms with E-state index in [-0.39, 0.29) is 5.97 Å². The van der Waals surface area contributed by atoms with Crippen molar-refractivity contribution >= 4 is 5.97 Å². The molecule has 19 heavy (non-hydrogen) atoms. The summed E-state index contributed by atoms with van der Waals surface area (Å²) in [6, 6.07) is 0. The SMILES string of the molecule is C#CCC(C)C=CC=CC#CCCCCC(=O)OC. The number of hydrogen-bond acceptors (Lipinski definition) is 2. The van der Waals surface area contributed by atoms with E-state index in [0.717, 1.165) is 25.7 Å². The van der Waals surface area contributed by atoms with Gasteiger partial charge in [0.1, 0.15) is 0 Å². The Labute approximate surface area is 116 Å². The van der Waals surface area contributed by atoms with Crippen LogP contribution in [0.15, 0.2) is 24.3 Å². The molecule has 102 valence electrons. The summed E-state index contributed by atoms with van der Waals surface area (Å²) in [7, 11) is 1.41. The minimum Gasteiger partial charge on any atom is -0.469 e. The average Bonchev–Trinajstić information content (AvgIpc) is 2.40. The first-order valence-electron chi connectivity index (χ1n) is 6.52. The Morgan fingerprint density at radius 2 is 2.16 bits per heavy atom. The van der Waals surface area contributed by atoms with Crippen LogP contribution >= 0.6 is 0 Å². The van der Waals surface area contributed by atoms with E-state index in [1.165, 1.54) is 7.11 Å². The highest BCUT2D eigenvalue weighted by atomic mass is 16.5. The lowest BCUT2D eigenvalue weighted by atomic mass is 10.1. The van der Waals surface area contributed by atoms with Crippen LogP contribution in [-0.2, 0) is 9.53 Å². The Kier molecular flexibility index (Phi) is 11.3. The van der Waals surface area contributed by atoms with Crippen LogP contribution in [0.3, 0.4) is 0 Å². The van der Waals surface area contributed by atoms with Crippen molar-refractivity contribution in [2.45, 2.75) is 39.0 Å². The lowest BCUT2D eigenvalue weighted by Crippen LogP contribution is -1.98. The molecular formula is C17H22O2.